The van der Waals surface area contributed by atoms with Gasteiger partial charge in [-0.15, -0.1) is 0 Å². The summed E-state index contributed by atoms with van der Waals surface area (Å²) in [4.78, 5) is 0. The Bertz CT molecular complexity index is 708. The quantitative estimate of drug-likeness (QED) is 0.454. The topological polar surface area (TPSA) is 9.23 Å². The standard InChI is InChI=1S/C26H28O/c1-5-13-22(14-6-1)21-27-26(23-15-7-2-8-16-23,24-17-9-3-10-18-24)25-19-11-4-12-20-25/h2-4,7-12,15-20,22H,1,5-6,13-14,21H2. The van der Waals surface area contributed by atoms with Crippen molar-refractivity contribution in [2.75, 3.05) is 6.61 Å². The van der Waals surface area contributed by atoms with Gasteiger partial charge in [-0.2, -0.15) is 0 Å². The molecule has 1 fully saturated rings. The number of benzene rings is 3. The Morgan fingerprint density at radius 1 is 0.593 bits per heavy atom. The minimum absolute atomic E-state index is 0.568. The van der Waals surface area contributed by atoms with Crippen LogP contribution in [-0.4, -0.2) is 6.61 Å². The van der Waals surface area contributed by atoms with E-state index >= 15 is 0 Å². The van der Waals surface area contributed by atoms with Crippen LogP contribution in [0.25, 0.3) is 0 Å². The second-order valence-electron chi connectivity index (χ2n) is 7.59. The highest BCUT2D eigenvalue weighted by molar-refractivity contribution is 5.47. The van der Waals surface area contributed by atoms with Crippen LogP contribution in [-0.2, 0) is 10.3 Å². The second-order valence-corrected chi connectivity index (χ2v) is 7.59. The van der Waals surface area contributed by atoms with Crippen LogP contribution < -0.4 is 0 Å². The molecular weight excluding hydrogens is 328 g/mol. The minimum atomic E-state index is -0.568. The van der Waals surface area contributed by atoms with Gasteiger partial charge in [0, 0.05) is 0 Å². The maximum Gasteiger partial charge on any atom is 0.143 e. The Kier molecular flexibility index (Phi) is 5.69. The third kappa shape index (κ3) is 3.84. The molecule has 0 amide bonds. The van der Waals surface area contributed by atoms with Gasteiger partial charge in [-0.3, -0.25) is 0 Å². The average Bonchev–Trinajstić information content (AvgIpc) is 2.77. The Labute approximate surface area is 163 Å². The lowest BCUT2D eigenvalue weighted by Crippen LogP contribution is -2.35. The summed E-state index contributed by atoms with van der Waals surface area (Å²) in [5, 5.41) is 0. The molecule has 1 saturated carbocycles. The fourth-order valence-corrected chi connectivity index (χ4v) is 4.37. The van der Waals surface area contributed by atoms with Gasteiger partial charge < -0.3 is 4.74 Å². The van der Waals surface area contributed by atoms with Gasteiger partial charge in [-0.25, -0.2) is 0 Å². The molecule has 1 aliphatic rings. The summed E-state index contributed by atoms with van der Waals surface area (Å²) in [6.45, 7) is 0.804. The second kappa shape index (κ2) is 8.54. The summed E-state index contributed by atoms with van der Waals surface area (Å²) in [5.41, 5.74) is 3.01. The van der Waals surface area contributed by atoms with E-state index in [9.17, 15) is 0 Å². The van der Waals surface area contributed by atoms with Gasteiger partial charge in [-0.05, 0) is 35.4 Å². The van der Waals surface area contributed by atoms with E-state index in [1.807, 2.05) is 0 Å². The molecule has 0 saturated heterocycles. The molecule has 3 aromatic rings. The molecule has 27 heavy (non-hydrogen) atoms. The lowest BCUT2D eigenvalue weighted by atomic mass is 9.79. The van der Waals surface area contributed by atoms with E-state index in [0.29, 0.717) is 5.92 Å². The molecule has 0 unspecified atom stereocenters. The summed E-state index contributed by atoms with van der Waals surface area (Å²) in [7, 11) is 0. The van der Waals surface area contributed by atoms with Crippen LogP contribution in [0.1, 0.15) is 48.8 Å². The summed E-state index contributed by atoms with van der Waals surface area (Å²) in [6.07, 6.45) is 6.62. The highest BCUT2D eigenvalue weighted by Crippen LogP contribution is 2.41. The number of hydrogen-bond donors (Lipinski definition) is 0. The summed E-state index contributed by atoms with van der Waals surface area (Å²) >= 11 is 0. The molecule has 0 heterocycles. The molecular formula is C26H28O. The Balaban J connectivity index is 1.81. The van der Waals surface area contributed by atoms with Gasteiger partial charge in [0.25, 0.3) is 0 Å². The van der Waals surface area contributed by atoms with Crippen LogP contribution >= 0.6 is 0 Å². The Hall–Kier alpha value is -2.38. The third-order valence-corrected chi connectivity index (χ3v) is 5.80. The van der Waals surface area contributed by atoms with Crippen molar-refractivity contribution in [2.24, 2.45) is 5.92 Å². The predicted octanol–water partition coefficient (Wildman–Crippen LogP) is 6.58. The van der Waals surface area contributed by atoms with Crippen LogP contribution in [0.2, 0.25) is 0 Å². The van der Waals surface area contributed by atoms with Crippen molar-refractivity contribution < 1.29 is 4.74 Å². The zero-order valence-electron chi connectivity index (χ0n) is 15.9. The van der Waals surface area contributed by atoms with Gasteiger partial charge in [0.1, 0.15) is 5.60 Å². The molecule has 1 aliphatic carbocycles. The molecule has 0 radical (unpaired) electrons. The van der Waals surface area contributed by atoms with Crippen LogP contribution in [0.3, 0.4) is 0 Å². The van der Waals surface area contributed by atoms with E-state index in [1.165, 1.54) is 48.8 Å². The molecule has 1 heteroatoms. The Morgan fingerprint density at radius 2 is 1.00 bits per heavy atom. The molecule has 0 N–H and O–H groups in total. The largest absolute Gasteiger partial charge is 0.361 e. The van der Waals surface area contributed by atoms with Crippen molar-refractivity contribution in [2.45, 2.75) is 37.7 Å². The van der Waals surface area contributed by atoms with E-state index in [0.717, 1.165) is 6.61 Å². The van der Waals surface area contributed by atoms with Gasteiger partial charge in [0.05, 0.1) is 6.61 Å². The molecule has 4 rings (SSSR count). The van der Waals surface area contributed by atoms with Crippen molar-refractivity contribution in [3.8, 4) is 0 Å². The van der Waals surface area contributed by atoms with Crippen LogP contribution in [0.15, 0.2) is 91.0 Å². The summed E-state index contributed by atoms with van der Waals surface area (Å²) in [6, 6.07) is 32.1. The third-order valence-electron chi connectivity index (χ3n) is 5.80. The first-order chi connectivity index (χ1) is 13.4. The molecule has 3 aromatic carbocycles. The molecule has 0 atom stereocenters. The van der Waals surface area contributed by atoms with Crippen molar-refractivity contribution in [1.29, 1.82) is 0 Å². The SMILES string of the molecule is c1ccc(C(OCC2CCCCC2)(c2ccccc2)c2ccccc2)cc1. The van der Waals surface area contributed by atoms with E-state index in [1.54, 1.807) is 0 Å². The van der Waals surface area contributed by atoms with E-state index in [2.05, 4.69) is 91.0 Å². The number of rotatable bonds is 6. The van der Waals surface area contributed by atoms with Crippen LogP contribution in [0.5, 0.6) is 0 Å². The molecule has 0 aliphatic heterocycles. The number of ether oxygens (including phenoxy) is 1. The monoisotopic (exact) mass is 356 g/mol. The lowest BCUT2D eigenvalue weighted by Gasteiger charge is -2.37. The van der Waals surface area contributed by atoms with Gasteiger partial charge >= 0.3 is 0 Å². The zero-order chi connectivity index (χ0) is 18.4. The zero-order valence-corrected chi connectivity index (χ0v) is 15.9. The summed E-state index contributed by atoms with van der Waals surface area (Å²) < 4.78 is 6.93. The lowest BCUT2D eigenvalue weighted by molar-refractivity contribution is -0.0146. The smallest absolute Gasteiger partial charge is 0.143 e. The molecule has 0 aromatic heterocycles. The molecule has 1 nitrogen and oxygen atoms in total. The fraction of sp³-hybridized carbons (Fsp3) is 0.308. The minimum Gasteiger partial charge on any atom is -0.361 e. The first-order valence-corrected chi connectivity index (χ1v) is 10.2. The van der Waals surface area contributed by atoms with Crippen molar-refractivity contribution >= 4 is 0 Å². The highest BCUT2D eigenvalue weighted by atomic mass is 16.5. The predicted molar refractivity (Wildman–Crippen MR) is 112 cm³/mol. The van der Waals surface area contributed by atoms with E-state index < -0.39 is 5.60 Å². The van der Waals surface area contributed by atoms with Crippen LogP contribution in [0.4, 0.5) is 0 Å². The van der Waals surface area contributed by atoms with Crippen molar-refractivity contribution in [1.82, 2.24) is 0 Å². The van der Waals surface area contributed by atoms with Crippen LogP contribution in [0, 0.1) is 5.92 Å². The average molecular weight is 357 g/mol. The molecule has 138 valence electrons. The van der Waals surface area contributed by atoms with Gasteiger partial charge in [-0.1, -0.05) is 110 Å². The maximum atomic E-state index is 6.93. The van der Waals surface area contributed by atoms with Crippen molar-refractivity contribution in [3.63, 3.8) is 0 Å². The number of hydrogen-bond acceptors (Lipinski definition) is 1. The molecule has 0 bridgehead atoms. The van der Waals surface area contributed by atoms with Gasteiger partial charge in [0.15, 0.2) is 0 Å². The van der Waals surface area contributed by atoms with Crippen molar-refractivity contribution in [3.05, 3.63) is 108 Å². The highest BCUT2D eigenvalue weighted by Gasteiger charge is 2.38. The van der Waals surface area contributed by atoms with E-state index in [4.69, 9.17) is 4.74 Å². The first-order valence-electron chi connectivity index (χ1n) is 10.2. The van der Waals surface area contributed by atoms with E-state index in [-0.39, 0.29) is 0 Å². The fourth-order valence-electron chi connectivity index (χ4n) is 4.37. The maximum absolute atomic E-state index is 6.93. The summed E-state index contributed by atoms with van der Waals surface area (Å²) in [5.74, 6) is 0.661. The normalized spacial score (nSPS) is 15.6. The first kappa shape index (κ1) is 18.0. The molecule has 0 spiro atoms. The Morgan fingerprint density at radius 3 is 1.41 bits per heavy atom. The van der Waals surface area contributed by atoms with Gasteiger partial charge in [0.2, 0.25) is 0 Å².